The zero-order chi connectivity index (χ0) is 16.2. The number of carbonyl (C=O) groups excluding carboxylic acids is 1. The smallest absolute Gasteiger partial charge is 0.355 e. The topological polar surface area (TPSA) is 68.6 Å². The first kappa shape index (κ1) is 14.7. The molecular weight excluding hydrogens is 316 g/mol. The van der Waals surface area contributed by atoms with Gasteiger partial charge in [-0.15, -0.1) is 0 Å². The van der Waals surface area contributed by atoms with Crippen molar-refractivity contribution in [1.29, 1.82) is 0 Å². The van der Waals surface area contributed by atoms with Gasteiger partial charge in [0.2, 0.25) is 10.0 Å². The van der Waals surface area contributed by atoms with Crippen molar-refractivity contribution in [2.75, 3.05) is 19.3 Å². The van der Waals surface area contributed by atoms with E-state index in [1.807, 2.05) is 34.9 Å². The second-order valence-electron chi connectivity index (χ2n) is 6.41. The van der Waals surface area contributed by atoms with Gasteiger partial charge in [-0.1, -0.05) is 18.2 Å². The van der Waals surface area contributed by atoms with Crippen LogP contribution in [-0.2, 0) is 21.3 Å². The molecule has 0 unspecified atom stereocenters. The molecule has 1 spiro atoms. The van der Waals surface area contributed by atoms with Crippen LogP contribution in [-0.4, -0.2) is 48.2 Å². The number of hydrogen-bond donors (Lipinski definition) is 0. The molecule has 2 aromatic rings. The Morgan fingerprint density at radius 1 is 1.17 bits per heavy atom. The maximum Gasteiger partial charge on any atom is 0.355 e. The number of fused-ring (bicyclic) bond motifs is 3. The van der Waals surface area contributed by atoms with Crippen LogP contribution in [0.1, 0.15) is 23.3 Å². The Labute approximate surface area is 134 Å². The molecule has 122 valence electrons. The standard InChI is InChI=1S/C16H18N2O4S/c1-23(20,21)17-8-6-16(7-9-17)11-18-13-5-3-2-4-12(13)10-14(18)15(19)22-16/h2-5,10H,6-9,11H2,1H3. The molecule has 1 saturated heterocycles. The van der Waals surface area contributed by atoms with Crippen LogP contribution >= 0.6 is 0 Å². The predicted molar refractivity (Wildman–Crippen MR) is 85.7 cm³/mol. The molecule has 4 rings (SSSR count). The van der Waals surface area contributed by atoms with Gasteiger partial charge in [0.1, 0.15) is 11.3 Å². The number of benzene rings is 1. The third-order valence-corrected chi connectivity index (χ3v) is 6.18. The van der Waals surface area contributed by atoms with Gasteiger partial charge in [-0.05, 0) is 12.1 Å². The van der Waals surface area contributed by atoms with Crippen LogP contribution in [0.15, 0.2) is 30.3 Å². The van der Waals surface area contributed by atoms with E-state index in [4.69, 9.17) is 4.74 Å². The van der Waals surface area contributed by atoms with Crippen LogP contribution in [0.25, 0.3) is 10.9 Å². The van der Waals surface area contributed by atoms with Gasteiger partial charge in [0.05, 0.1) is 12.8 Å². The zero-order valence-corrected chi connectivity index (χ0v) is 13.7. The number of nitrogens with zero attached hydrogens (tertiary/aromatic N) is 2. The van der Waals surface area contributed by atoms with Gasteiger partial charge in [-0.2, -0.15) is 0 Å². The highest BCUT2D eigenvalue weighted by Gasteiger charge is 2.44. The average molecular weight is 334 g/mol. The normalized spacial score (nSPS) is 21.3. The number of sulfonamides is 1. The van der Waals surface area contributed by atoms with Crippen molar-refractivity contribution < 1.29 is 17.9 Å². The molecule has 7 heteroatoms. The summed E-state index contributed by atoms with van der Waals surface area (Å²) in [6, 6.07) is 9.73. The van der Waals surface area contributed by atoms with Crippen molar-refractivity contribution in [3.63, 3.8) is 0 Å². The maximum atomic E-state index is 12.4. The molecule has 0 N–H and O–H groups in total. The molecule has 2 aliphatic rings. The number of piperidine rings is 1. The van der Waals surface area contributed by atoms with Crippen LogP contribution in [0.2, 0.25) is 0 Å². The number of carbonyl (C=O) groups is 1. The molecule has 0 radical (unpaired) electrons. The van der Waals surface area contributed by atoms with Crippen LogP contribution in [0, 0.1) is 0 Å². The molecule has 1 aromatic heterocycles. The first-order valence-electron chi connectivity index (χ1n) is 7.65. The van der Waals surface area contributed by atoms with Gasteiger partial charge in [-0.3, -0.25) is 0 Å². The fourth-order valence-electron chi connectivity index (χ4n) is 3.60. The van der Waals surface area contributed by atoms with Gasteiger partial charge >= 0.3 is 5.97 Å². The fourth-order valence-corrected chi connectivity index (χ4v) is 4.45. The van der Waals surface area contributed by atoms with Crippen LogP contribution in [0.4, 0.5) is 0 Å². The van der Waals surface area contributed by atoms with E-state index < -0.39 is 15.6 Å². The number of ether oxygens (including phenoxy) is 1. The SMILES string of the molecule is CS(=O)(=O)N1CCC2(CC1)Cn1c(cc3ccccc31)C(=O)O2. The third kappa shape index (κ3) is 2.35. The largest absolute Gasteiger partial charge is 0.452 e. The summed E-state index contributed by atoms with van der Waals surface area (Å²) >= 11 is 0. The Morgan fingerprint density at radius 3 is 2.57 bits per heavy atom. The second-order valence-corrected chi connectivity index (χ2v) is 8.39. The van der Waals surface area contributed by atoms with Crippen molar-refractivity contribution in [1.82, 2.24) is 8.87 Å². The summed E-state index contributed by atoms with van der Waals surface area (Å²) in [5.74, 6) is -0.319. The molecule has 0 bridgehead atoms. The minimum absolute atomic E-state index is 0.319. The maximum absolute atomic E-state index is 12.4. The molecule has 0 saturated carbocycles. The van der Waals surface area contributed by atoms with Gasteiger partial charge < -0.3 is 9.30 Å². The first-order chi connectivity index (χ1) is 10.9. The summed E-state index contributed by atoms with van der Waals surface area (Å²) < 4.78 is 32.5. The Morgan fingerprint density at radius 2 is 1.87 bits per heavy atom. The molecule has 0 amide bonds. The summed E-state index contributed by atoms with van der Waals surface area (Å²) in [6.45, 7) is 1.36. The molecular formula is C16H18N2O4S. The number of esters is 1. The van der Waals surface area contributed by atoms with Gasteiger partial charge in [0.25, 0.3) is 0 Å². The van der Waals surface area contributed by atoms with Gasteiger partial charge in [-0.25, -0.2) is 17.5 Å². The van der Waals surface area contributed by atoms with Crippen LogP contribution in [0.5, 0.6) is 0 Å². The minimum Gasteiger partial charge on any atom is -0.452 e. The minimum atomic E-state index is -3.19. The van der Waals surface area contributed by atoms with Crippen LogP contribution < -0.4 is 0 Å². The molecule has 1 aromatic carbocycles. The molecule has 3 heterocycles. The predicted octanol–water partition coefficient (Wildman–Crippen LogP) is 1.61. The monoisotopic (exact) mass is 334 g/mol. The van der Waals surface area contributed by atoms with E-state index in [1.54, 1.807) is 0 Å². The van der Waals surface area contributed by atoms with E-state index in [2.05, 4.69) is 0 Å². The Kier molecular flexibility index (Phi) is 3.08. The number of aromatic nitrogens is 1. The van der Waals surface area contributed by atoms with Crippen molar-refractivity contribution in [2.24, 2.45) is 0 Å². The molecule has 2 aliphatic heterocycles. The lowest BCUT2D eigenvalue weighted by atomic mass is 9.90. The number of hydrogen-bond acceptors (Lipinski definition) is 4. The highest BCUT2D eigenvalue weighted by atomic mass is 32.2. The lowest BCUT2D eigenvalue weighted by molar-refractivity contribution is -0.0618. The van der Waals surface area contributed by atoms with E-state index in [9.17, 15) is 13.2 Å². The fraction of sp³-hybridized carbons (Fsp3) is 0.438. The number of rotatable bonds is 1. The van der Waals surface area contributed by atoms with Crippen molar-refractivity contribution >= 4 is 26.9 Å². The van der Waals surface area contributed by atoms with E-state index >= 15 is 0 Å². The highest BCUT2D eigenvalue weighted by molar-refractivity contribution is 7.88. The van der Waals surface area contributed by atoms with E-state index in [0.29, 0.717) is 38.2 Å². The van der Waals surface area contributed by atoms with Gasteiger partial charge in [0, 0.05) is 36.8 Å². The van der Waals surface area contributed by atoms with Gasteiger partial charge in [0.15, 0.2) is 0 Å². The molecule has 6 nitrogen and oxygen atoms in total. The highest BCUT2D eigenvalue weighted by Crippen LogP contribution is 2.36. The summed E-state index contributed by atoms with van der Waals surface area (Å²) in [5, 5.41) is 1.02. The quantitative estimate of drug-likeness (QED) is 0.743. The van der Waals surface area contributed by atoms with Crippen molar-refractivity contribution in [2.45, 2.75) is 25.0 Å². The molecule has 23 heavy (non-hydrogen) atoms. The van der Waals surface area contributed by atoms with Crippen LogP contribution in [0.3, 0.4) is 0 Å². The zero-order valence-electron chi connectivity index (χ0n) is 12.9. The molecule has 0 atom stereocenters. The lowest BCUT2D eigenvalue weighted by Gasteiger charge is -2.43. The van der Waals surface area contributed by atoms with E-state index in [1.165, 1.54) is 10.6 Å². The number of para-hydroxylation sites is 1. The van der Waals surface area contributed by atoms with E-state index in [0.717, 1.165) is 10.9 Å². The van der Waals surface area contributed by atoms with Crippen molar-refractivity contribution in [3.8, 4) is 0 Å². The third-order valence-electron chi connectivity index (χ3n) is 4.88. The summed E-state index contributed by atoms with van der Waals surface area (Å²) in [6.07, 6.45) is 2.27. The van der Waals surface area contributed by atoms with Crippen molar-refractivity contribution in [3.05, 3.63) is 36.0 Å². The summed E-state index contributed by atoms with van der Waals surface area (Å²) in [7, 11) is -3.19. The Hall–Kier alpha value is -1.86. The molecule has 1 fully saturated rings. The summed E-state index contributed by atoms with van der Waals surface area (Å²) in [5.41, 5.74) is 0.985. The second kappa shape index (κ2) is 4.82. The Bertz CT molecular complexity index is 892. The molecule has 0 aliphatic carbocycles. The first-order valence-corrected chi connectivity index (χ1v) is 9.50. The summed E-state index contributed by atoms with van der Waals surface area (Å²) in [4.78, 5) is 12.4. The lowest BCUT2D eigenvalue weighted by Crippen LogP contribution is -2.53. The van der Waals surface area contributed by atoms with E-state index in [-0.39, 0.29) is 5.97 Å². The Balaban J connectivity index is 1.68. The average Bonchev–Trinajstić information content (AvgIpc) is 2.86.